The number of para-hydroxylation sites is 1. The summed E-state index contributed by atoms with van der Waals surface area (Å²) in [4.78, 5) is 26.2. The van der Waals surface area contributed by atoms with E-state index in [0.717, 1.165) is 22.4 Å². The molecule has 1 aromatic heterocycles. The average Bonchev–Trinajstić information content (AvgIpc) is 3.22. The largest absolute Gasteiger partial charge is 0.468 e. The van der Waals surface area contributed by atoms with Gasteiger partial charge < -0.3 is 9.64 Å². The number of aryl methyl sites for hydroxylation is 2. The molecule has 0 spiro atoms. The van der Waals surface area contributed by atoms with Gasteiger partial charge >= 0.3 is 5.97 Å². The molecule has 0 fully saturated rings. The van der Waals surface area contributed by atoms with Crippen molar-refractivity contribution in [3.8, 4) is 5.69 Å². The van der Waals surface area contributed by atoms with Crippen molar-refractivity contribution in [2.45, 2.75) is 26.3 Å². The first-order valence-corrected chi connectivity index (χ1v) is 9.55. The van der Waals surface area contributed by atoms with E-state index in [-0.39, 0.29) is 12.5 Å². The lowest BCUT2D eigenvalue weighted by Crippen LogP contribution is -2.36. The summed E-state index contributed by atoms with van der Waals surface area (Å²) >= 11 is 0. The van der Waals surface area contributed by atoms with E-state index in [1.165, 1.54) is 7.11 Å². The van der Waals surface area contributed by atoms with Crippen molar-refractivity contribution in [3.05, 3.63) is 83.7 Å². The predicted molar refractivity (Wildman–Crippen MR) is 110 cm³/mol. The number of aromatic nitrogens is 2. The molecule has 0 aliphatic heterocycles. The third-order valence-electron chi connectivity index (χ3n) is 4.81. The van der Waals surface area contributed by atoms with E-state index in [2.05, 4.69) is 5.10 Å². The molecule has 6 heteroatoms. The SMILES string of the molecule is COC(=O)CN(Cc1ccccc1C)C(=O)CCc1cnn(-c2ccccc2)c1. The second kappa shape index (κ2) is 9.68. The molecule has 0 aliphatic carbocycles. The van der Waals surface area contributed by atoms with Crippen molar-refractivity contribution >= 4 is 11.9 Å². The number of nitrogens with zero attached hydrogens (tertiary/aromatic N) is 3. The van der Waals surface area contributed by atoms with E-state index in [1.807, 2.05) is 67.7 Å². The Kier molecular flexibility index (Phi) is 6.79. The first kappa shape index (κ1) is 20.3. The second-order valence-corrected chi connectivity index (χ2v) is 6.88. The van der Waals surface area contributed by atoms with E-state index in [9.17, 15) is 9.59 Å². The highest BCUT2D eigenvalue weighted by molar-refractivity contribution is 5.82. The van der Waals surface area contributed by atoms with E-state index in [1.54, 1.807) is 15.8 Å². The van der Waals surface area contributed by atoms with Crippen LogP contribution in [0.4, 0.5) is 0 Å². The summed E-state index contributed by atoms with van der Waals surface area (Å²) in [5.41, 5.74) is 4.04. The van der Waals surface area contributed by atoms with E-state index in [0.29, 0.717) is 19.4 Å². The number of methoxy groups -OCH3 is 1. The van der Waals surface area contributed by atoms with Crippen molar-refractivity contribution in [1.29, 1.82) is 0 Å². The number of esters is 1. The van der Waals surface area contributed by atoms with Crippen LogP contribution in [0.1, 0.15) is 23.1 Å². The summed E-state index contributed by atoms with van der Waals surface area (Å²) in [6, 6.07) is 17.7. The van der Waals surface area contributed by atoms with Gasteiger partial charge in [0.1, 0.15) is 6.54 Å². The third-order valence-corrected chi connectivity index (χ3v) is 4.81. The molecule has 1 amide bonds. The van der Waals surface area contributed by atoms with Crippen LogP contribution in [0, 0.1) is 6.92 Å². The predicted octanol–water partition coefficient (Wildman–Crippen LogP) is 3.32. The normalized spacial score (nSPS) is 10.6. The van der Waals surface area contributed by atoms with Gasteiger partial charge in [0.15, 0.2) is 0 Å². The number of benzene rings is 2. The fourth-order valence-electron chi connectivity index (χ4n) is 3.07. The van der Waals surface area contributed by atoms with Crippen LogP contribution in [0.3, 0.4) is 0 Å². The average molecular weight is 391 g/mol. The lowest BCUT2D eigenvalue weighted by Gasteiger charge is -2.22. The highest BCUT2D eigenvalue weighted by atomic mass is 16.5. The van der Waals surface area contributed by atoms with Crippen molar-refractivity contribution in [3.63, 3.8) is 0 Å². The van der Waals surface area contributed by atoms with Gasteiger partial charge in [0, 0.05) is 19.2 Å². The molecule has 2 aromatic carbocycles. The zero-order valence-electron chi connectivity index (χ0n) is 16.7. The molecule has 0 saturated carbocycles. The maximum atomic E-state index is 12.9. The summed E-state index contributed by atoms with van der Waals surface area (Å²) in [5.74, 6) is -0.519. The van der Waals surface area contributed by atoms with Crippen molar-refractivity contribution in [1.82, 2.24) is 14.7 Å². The van der Waals surface area contributed by atoms with Crippen LogP contribution in [0.25, 0.3) is 5.69 Å². The molecular formula is C23H25N3O3. The lowest BCUT2D eigenvalue weighted by atomic mass is 10.1. The summed E-state index contributed by atoms with van der Waals surface area (Å²) in [6.07, 6.45) is 4.54. The van der Waals surface area contributed by atoms with Gasteiger partial charge in [-0.2, -0.15) is 5.10 Å². The molecule has 0 bridgehead atoms. The van der Waals surface area contributed by atoms with Gasteiger partial charge in [-0.1, -0.05) is 42.5 Å². The smallest absolute Gasteiger partial charge is 0.325 e. The van der Waals surface area contributed by atoms with Gasteiger partial charge in [-0.25, -0.2) is 4.68 Å². The van der Waals surface area contributed by atoms with Crippen molar-refractivity contribution in [2.24, 2.45) is 0 Å². The number of hydrogen-bond acceptors (Lipinski definition) is 4. The van der Waals surface area contributed by atoms with Gasteiger partial charge in [-0.05, 0) is 42.2 Å². The van der Waals surface area contributed by atoms with Crippen LogP contribution in [-0.4, -0.2) is 40.2 Å². The number of carbonyl (C=O) groups excluding carboxylic acids is 2. The highest BCUT2D eigenvalue weighted by Crippen LogP contribution is 2.14. The molecule has 1 heterocycles. The highest BCUT2D eigenvalue weighted by Gasteiger charge is 2.19. The molecule has 6 nitrogen and oxygen atoms in total. The van der Waals surface area contributed by atoms with Gasteiger partial charge in [0.25, 0.3) is 0 Å². The van der Waals surface area contributed by atoms with Crippen molar-refractivity contribution in [2.75, 3.05) is 13.7 Å². The Morgan fingerprint density at radius 1 is 1.07 bits per heavy atom. The zero-order valence-corrected chi connectivity index (χ0v) is 16.7. The van der Waals surface area contributed by atoms with Crippen LogP contribution < -0.4 is 0 Å². The molecule has 0 radical (unpaired) electrons. The van der Waals surface area contributed by atoms with E-state index in [4.69, 9.17) is 4.74 Å². The molecule has 0 atom stereocenters. The lowest BCUT2D eigenvalue weighted by molar-refractivity contribution is -0.147. The van der Waals surface area contributed by atoms with Gasteiger partial charge in [-0.3, -0.25) is 9.59 Å². The quantitative estimate of drug-likeness (QED) is 0.553. The molecule has 29 heavy (non-hydrogen) atoms. The number of hydrogen-bond donors (Lipinski definition) is 0. The van der Waals surface area contributed by atoms with Crippen LogP contribution in [-0.2, 0) is 27.3 Å². The number of ether oxygens (including phenoxy) is 1. The molecule has 3 rings (SSSR count). The van der Waals surface area contributed by atoms with Gasteiger partial charge in [-0.15, -0.1) is 0 Å². The van der Waals surface area contributed by atoms with Crippen LogP contribution >= 0.6 is 0 Å². The Morgan fingerprint density at radius 2 is 1.79 bits per heavy atom. The number of amides is 1. The molecule has 150 valence electrons. The molecular weight excluding hydrogens is 366 g/mol. The fourth-order valence-corrected chi connectivity index (χ4v) is 3.07. The topological polar surface area (TPSA) is 64.4 Å². The molecule has 0 N–H and O–H groups in total. The Balaban J connectivity index is 1.66. The number of carbonyl (C=O) groups is 2. The second-order valence-electron chi connectivity index (χ2n) is 6.88. The minimum absolute atomic E-state index is 0.0626. The summed E-state index contributed by atoms with van der Waals surface area (Å²) in [6.45, 7) is 2.31. The Bertz CT molecular complexity index is 966. The Labute approximate surface area is 170 Å². The van der Waals surface area contributed by atoms with Crippen molar-refractivity contribution < 1.29 is 14.3 Å². The number of rotatable bonds is 8. The summed E-state index contributed by atoms with van der Waals surface area (Å²) in [7, 11) is 1.33. The summed E-state index contributed by atoms with van der Waals surface area (Å²) in [5, 5.41) is 4.37. The van der Waals surface area contributed by atoms with Crippen LogP contribution in [0.5, 0.6) is 0 Å². The Hall–Kier alpha value is -3.41. The van der Waals surface area contributed by atoms with Gasteiger partial charge in [0.2, 0.25) is 5.91 Å². The maximum Gasteiger partial charge on any atom is 0.325 e. The third kappa shape index (κ3) is 5.54. The fraction of sp³-hybridized carbons (Fsp3) is 0.261. The molecule has 3 aromatic rings. The molecule has 0 aliphatic rings. The first-order valence-electron chi connectivity index (χ1n) is 9.55. The minimum atomic E-state index is -0.427. The van der Waals surface area contributed by atoms with E-state index >= 15 is 0 Å². The monoisotopic (exact) mass is 391 g/mol. The minimum Gasteiger partial charge on any atom is -0.468 e. The summed E-state index contributed by atoms with van der Waals surface area (Å²) < 4.78 is 6.56. The molecule has 0 saturated heterocycles. The standard InChI is InChI=1S/C23H25N3O3/c1-18-8-6-7-9-20(18)16-25(17-23(28)29-2)22(27)13-12-19-14-24-26(15-19)21-10-4-3-5-11-21/h3-11,14-15H,12-13,16-17H2,1-2H3. The van der Waals surface area contributed by atoms with Crippen LogP contribution in [0.2, 0.25) is 0 Å². The van der Waals surface area contributed by atoms with Crippen LogP contribution in [0.15, 0.2) is 67.0 Å². The zero-order chi connectivity index (χ0) is 20.6. The molecule has 0 unspecified atom stereocenters. The van der Waals surface area contributed by atoms with Gasteiger partial charge in [0.05, 0.1) is 19.0 Å². The maximum absolute atomic E-state index is 12.9. The first-order chi connectivity index (χ1) is 14.1. The Morgan fingerprint density at radius 3 is 2.52 bits per heavy atom. The van der Waals surface area contributed by atoms with E-state index < -0.39 is 5.97 Å².